The Morgan fingerprint density at radius 2 is 1.73 bits per heavy atom. The molecule has 0 spiro atoms. The molecule has 0 aliphatic carbocycles. The van der Waals surface area contributed by atoms with Crippen LogP contribution in [0, 0.1) is 0 Å². The zero-order chi connectivity index (χ0) is 12.1. The van der Waals surface area contributed by atoms with Crippen molar-refractivity contribution in [3.05, 3.63) is 11.8 Å². The van der Waals surface area contributed by atoms with E-state index in [0.29, 0.717) is 6.08 Å². The van der Waals surface area contributed by atoms with E-state index in [1.165, 1.54) is 0 Å². The van der Waals surface area contributed by atoms with Crippen molar-refractivity contribution in [1.82, 2.24) is 0 Å². The molecule has 0 fully saturated rings. The highest BCUT2D eigenvalue weighted by molar-refractivity contribution is 5.92. The van der Waals surface area contributed by atoms with Gasteiger partial charge in [0.1, 0.15) is 0 Å². The molecule has 0 saturated carbocycles. The van der Waals surface area contributed by atoms with Crippen molar-refractivity contribution in [2.24, 2.45) is 0 Å². The number of hydrogen-bond donors (Lipinski definition) is 2. The lowest BCUT2D eigenvalue weighted by Crippen LogP contribution is -2.20. The monoisotopic (exact) mass is 220 g/mol. The molecule has 7 nitrogen and oxygen atoms in total. The number of carboxylic acids is 2. The molecule has 0 amide bonds. The van der Waals surface area contributed by atoms with Crippen LogP contribution in [0.5, 0.6) is 0 Å². The van der Waals surface area contributed by atoms with Crippen molar-refractivity contribution in [3.63, 3.8) is 0 Å². The summed E-state index contributed by atoms with van der Waals surface area (Å²) in [5, 5.41) is 20.8. The summed E-state index contributed by atoms with van der Waals surface area (Å²) in [6.45, 7) is 4.91. The highest BCUT2D eigenvalue weighted by Gasteiger charge is 2.17. The van der Waals surface area contributed by atoms with Crippen LogP contribution in [0.15, 0.2) is 11.8 Å². The molecule has 0 radical (unpaired) electrons. The van der Waals surface area contributed by atoms with Crippen LogP contribution in [-0.2, 0) is 24.4 Å². The van der Waals surface area contributed by atoms with E-state index in [2.05, 4.69) is 14.8 Å². The van der Waals surface area contributed by atoms with Gasteiger partial charge in [-0.25, -0.2) is 9.59 Å². The summed E-state index contributed by atoms with van der Waals surface area (Å²) in [4.78, 5) is 29.3. The fraction of sp³-hybridized carbons (Fsp3) is 0.500. The van der Waals surface area contributed by atoms with Gasteiger partial charge in [-0.1, -0.05) is 0 Å². The van der Waals surface area contributed by atoms with Gasteiger partial charge in [-0.15, -0.1) is 0 Å². The van der Waals surface area contributed by atoms with E-state index in [1.54, 1.807) is 20.8 Å². The summed E-state index contributed by atoms with van der Waals surface area (Å²) in [5.74, 6) is -3.92. The summed E-state index contributed by atoms with van der Waals surface area (Å²) in [6.07, 6.45) is 0.342. The van der Waals surface area contributed by atoms with Crippen molar-refractivity contribution >= 4 is 11.9 Å². The number of carbonyl (C=O) groups is 2. The second-order valence-electron chi connectivity index (χ2n) is 3.50. The van der Waals surface area contributed by atoms with Crippen LogP contribution in [0.4, 0.5) is 0 Å². The largest absolute Gasteiger partial charge is 0.478 e. The first-order valence-corrected chi connectivity index (χ1v) is 3.92. The van der Waals surface area contributed by atoms with Gasteiger partial charge in [0.2, 0.25) is 0 Å². The van der Waals surface area contributed by atoms with E-state index >= 15 is 0 Å². The van der Waals surface area contributed by atoms with E-state index in [1.807, 2.05) is 0 Å². The quantitative estimate of drug-likeness (QED) is 0.304. The van der Waals surface area contributed by atoms with Crippen LogP contribution in [0.2, 0.25) is 0 Å². The minimum absolute atomic E-state index is 0.342. The van der Waals surface area contributed by atoms with E-state index < -0.39 is 23.3 Å². The summed E-state index contributed by atoms with van der Waals surface area (Å²) in [6, 6.07) is 0. The molecule has 7 heteroatoms. The third kappa shape index (κ3) is 7.47. The van der Waals surface area contributed by atoms with Crippen LogP contribution in [-0.4, -0.2) is 27.8 Å². The molecule has 86 valence electrons. The van der Waals surface area contributed by atoms with Gasteiger partial charge in [-0.05, 0) is 25.8 Å². The minimum Gasteiger partial charge on any atom is -0.478 e. The summed E-state index contributed by atoms with van der Waals surface area (Å²) in [7, 11) is 0. The third-order valence-corrected chi connectivity index (χ3v) is 0.873. The van der Waals surface area contributed by atoms with Gasteiger partial charge in [0.15, 0.2) is 0 Å². The zero-order valence-corrected chi connectivity index (χ0v) is 8.51. The maximum absolute atomic E-state index is 10.4. The van der Waals surface area contributed by atoms with Gasteiger partial charge in [-0.3, -0.25) is 0 Å². The smallest absolute Gasteiger partial charge is 0.375 e. The molecule has 0 saturated heterocycles. The summed E-state index contributed by atoms with van der Waals surface area (Å²) in [5.41, 5.74) is -0.702. The van der Waals surface area contributed by atoms with E-state index in [4.69, 9.17) is 10.2 Å². The molecule has 0 aromatic carbocycles. The van der Waals surface area contributed by atoms with Crippen molar-refractivity contribution in [1.29, 1.82) is 0 Å². The Hall–Kier alpha value is -1.60. The molecule has 15 heavy (non-hydrogen) atoms. The standard InChI is InChI=1S/C8H12O7/c1-8(2,3)14-15-13-5(7(11)12)4-6(9)10/h4H,1-3H3,(H,9,10)(H,11,12)/b5-4+. The van der Waals surface area contributed by atoms with Gasteiger partial charge < -0.3 is 15.1 Å². The van der Waals surface area contributed by atoms with E-state index in [0.717, 1.165) is 0 Å². The summed E-state index contributed by atoms with van der Waals surface area (Å²) >= 11 is 0. The molecular formula is C8H12O7. The Labute approximate surface area is 85.7 Å². The highest BCUT2D eigenvalue weighted by atomic mass is 17.5. The highest BCUT2D eigenvalue weighted by Crippen LogP contribution is 2.09. The van der Waals surface area contributed by atoms with Gasteiger partial charge in [0, 0.05) is 0 Å². The number of rotatable bonds is 5. The van der Waals surface area contributed by atoms with Crippen LogP contribution >= 0.6 is 0 Å². The SMILES string of the molecule is CC(C)(C)OOO/C(=C/C(=O)O)C(=O)O. The molecule has 0 rings (SSSR count). The maximum atomic E-state index is 10.4. The molecule has 0 atom stereocenters. The second-order valence-corrected chi connectivity index (χ2v) is 3.50. The lowest BCUT2D eigenvalue weighted by atomic mass is 10.2. The number of hydrogen-bond acceptors (Lipinski definition) is 5. The van der Waals surface area contributed by atoms with Crippen LogP contribution < -0.4 is 0 Å². The van der Waals surface area contributed by atoms with Crippen molar-refractivity contribution < 1.29 is 34.6 Å². The molecule has 0 bridgehead atoms. The Kier molecular flexibility index (Phi) is 4.75. The fourth-order valence-corrected chi connectivity index (χ4v) is 0.389. The first kappa shape index (κ1) is 13.4. The lowest BCUT2D eigenvalue weighted by Gasteiger charge is -2.15. The summed E-state index contributed by atoms with van der Waals surface area (Å²) < 4.78 is 0. The minimum atomic E-state index is -1.57. The predicted octanol–water partition coefficient (Wildman–Crippen LogP) is 0.718. The maximum Gasteiger partial charge on any atom is 0.375 e. The normalized spacial score (nSPS) is 12.3. The van der Waals surface area contributed by atoms with Crippen molar-refractivity contribution in [3.8, 4) is 0 Å². The first-order valence-electron chi connectivity index (χ1n) is 3.92. The van der Waals surface area contributed by atoms with Crippen LogP contribution in [0.1, 0.15) is 20.8 Å². The first-order chi connectivity index (χ1) is 6.72. The van der Waals surface area contributed by atoms with Gasteiger partial charge >= 0.3 is 11.9 Å². The van der Waals surface area contributed by atoms with E-state index in [-0.39, 0.29) is 0 Å². The number of aliphatic carboxylic acids is 2. The molecule has 0 aromatic rings. The molecule has 0 aromatic heterocycles. The van der Waals surface area contributed by atoms with Gasteiger partial charge in [0.05, 0.1) is 11.7 Å². The predicted molar refractivity (Wildman–Crippen MR) is 46.4 cm³/mol. The second kappa shape index (κ2) is 5.32. The Balaban J connectivity index is 4.22. The fourth-order valence-electron chi connectivity index (χ4n) is 0.389. The number of carboxylic acid groups (broad SMARTS) is 2. The molecule has 0 heterocycles. The van der Waals surface area contributed by atoms with Crippen LogP contribution in [0.3, 0.4) is 0 Å². The van der Waals surface area contributed by atoms with Crippen LogP contribution in [0.25, 0.3) is 0 Å². The zero-order valence-electron chi connectivity index (χ0n) is 8.51. The molecule has 2 N–H and O–H groups in total. The average Bonchev–Trinajstić information content (AvgIpc) is 1.99. The third-order valence-electron chi connectivity index (χ3n) is 0.873. The Morgan fingerprint density at radius 1 is 1.20 bits per heavy atom. The molecule has 0 aliphatic rings. The lowest BCUT2D eigenvalue weighted by molar-refractivity contribution is -0.522. The van der Waals surface area contributed by atoms with Gasteiger partial charge in [0.25, 0.3) is 5.76 Å². The van der Waals surface area contributed by atoms with Gasteiger partial charge in [-0.2, -0.15) is 4.89 Å². The topological polar surface area (TPSA) is 102 Å². The molecular weight excluding hydrogens is 208 g/mol. The molecule has 0 aliphatic heterocycles. The Morgan fingerprint density at radius 3 is 2.07 bits per heavy atom. The van der Waals surface area contributed by atoms with E-state index in [9.17, 15) is 9.59 Å². The van der Waals surface area contributed by atoms with Crippen molar-refractivity contribution in [2.75, 3.05) is 0 Å². The molecule has 0 unspecified atom stereocenters. The average molecular weight is 220 g/mol. The Bertz CT molecular complexity index is 273. The van der Waals surface area contributed by atoms with Crippen molar-refractivity contribution in [2.45, 2.75) is 26.4 Å².